The lowest BCUT2D eigenvalue weighted by Gasteiger charge is -2.42. The summed E-state index contributed by atoms with van der Waals surface area (Å²) in [5, 5.41) is 40.1. The molecule has 1 aliphatic heterocycles. The molecule has 0 aliphatic carbocycles. The molecule has 236 valence electrons. The summed E-state index contributed by atoms with van der Waals surface area (Å²) >= 11 is 5.97. The van der Waals surface area contributed by atoms with Gasteiger partial charge >= 0.3 is 12.4 Å². The molecule has 18 heteroatoms. The topological polar surface area (TPSA) is 118 Å². The van der Waals surface area contributed by atoms with Crippen molar-refractivity contribution in [1.82, 2.24) is 24.5 Å². The van der Waals surface area contributed by atoms with Crippen LogP contribution in [0, 0.1) is 18.6 Å². The predicted octanol–water partition coefficient (Wildman–Crippen LogP) is 4.80. The molecule has 5 rings (SSSR count). The SMILES string of the molecule is Cc1nc([C@@H]2O[C@H](CO)[C@H](O)[C@H](n3cc(-c4ccc(C(F)(F)F)c(F)c4F)cn3)[C@H]2O)n(-c2cc(Cl)ccc2C(F)(F)F)n1. The lowest BCUT2D eigenvalue weighted by atomic mass is 9.92. The van der Waals surface area contributed by atoms with Gasteiger partial charge in [0.15, 0.2) is 17.5 Å². The average Bonchev–Trinajstić information content (AvgIpc) is 3.56. The number of rotatable bonds is 5. The Morgan fingerprint density at radius 2 is 1.61 bits per heavy atom. The van der Waals surface area contributed by atoms with Crippen LogP contribution >= 0.6 is 11.6 Å². The fourth-order valence-corrected chi connectivity index (χ4v) is 5.14. The van der Waals surface area contributed by atoms with Crippen molar-refractivity contribution < 1.29 is 55.2 Å². The summed E-state index contributed by atoms with van der Waals surface area (Å²) in [6.07, 6.45) is -14.8. The van der Waals surface area contributed by atoms with Gasteiger partial charge in [0.25, 0.3) is 0 Å². The van der Waals surface area contributed by atoms with E-state index in [1.165, 1.54) is 6.92 Å². The summed E-state index contributed by atoms with van der Waals surface area (Å²) in [5.41, 5.74) is -4.42. The van der Waals surface area contributed by atoms with Crippen LogP contribution in [0.15, 0.2) is 42.7 Å². The summed E-state index contributed by atoms with van der Waals surface area (Å²) in [5.74, 6) is -4.40. The largest absolute Gasteiger partial charge is 0.419 e. The quantitative estimate of drug-likeness (QED) is 0.265. The fourth-order valence-electron chi connectivity index (χ4n) is 4.97. The summed E-state index contributed by atoms with van der Waals surface area (Å²) < 4.78 is 117. The van der Waals surface area contributed by atoms with Gasteiger partial charge in [0.05, 0.1) is 29.6 Å². The Labute approximate surface area is 246 Å². The van der Waals surface area contributed by atoms with E-state index in [-0.39, 0.29) is 22.2 Å². The van der Waals surface area contributed by atoms with Gasteiger partial charge in [-0.3, -0.25) is 4.68 Å². The number of alkyl halides is 6. The molecule has 9 nitrogen and oxygen atoms in total. The molecule has 3 N–H and O–H groups in total. The van der Waals surface area contributed by atoms with Crippen molar-refractivity contribution in [1.29, 1.82) is 0 Å². The monoisotopic (exact) mass is 653 g/mol. The number of ether oxygens (including phenoxy) is 1. The van der Waals surface area contributed by atoms with Gasteiger partial charge in [-0.2, -0.15) is 36.5 Å². The maximum absolute atomic E-state index is 14.7. The summed E-state index contributed by atoms with van der Waals surface area (Å²) in [6.45, 7) is 0.492. The minimum absolute atomic E-state index is 0.0479. The number of aliphatic hydroxyl groups excluding tert-OH is 3. The fraction of sp³-hybridized carbons (Fsp3) is 0.346. The third-order valence-electron chi connectivity index (χ3n) is 6.98. The second kappa shape index (κ2) is 11.4. The summed E-state index contributed by atoms with van der Waals surface area (Å²) in [4.78, 5) is 4.12. The van der Waals surface area contributed by atoms with Gasteiger partial charge in [-0.1, -0.05) is 17.7 Å². The molecule has 0 amide bonds. The van der Waals surface area contributed by atoms with Crippen LogP contribution in [0.1, 0.15) is 34.9 Å². The van der Waals surface area contributed by atoms with Crippen molar-refractivity contribution in [2.75, 3.05) is 6.61 Å². The van der Waals surface area contributed by atoms with Crippen LogP contribution in [-0.4, -0.2) is 64.8 Å². The highest BCUT2D eigenvalue weighted by atomic mass is 35.5. The third-order valence-corrected chi connectivity index (χ3v) is 7.22. The highest BCUT2D eigenvalue weighted by molar-refractivity contribution is 6.30. The van der Waals surface area contributed by atoms with E-state index >= 15 is 0 Å². The first-order chi connectivity index (χ1) is 20.5. The van der Waals surface area contributed by atoms with E-state index < -0.39 is 83.4 Å². The van der Waals surface area contributed by atoms with Gasteiger partial charge in [-0.05, 0) is 31.2 Å². The molecule has 2 aromatic carbocycles. The molecular weight excluding hydrogens is 634 g/mol. The molecule has 44 heavy (non-hydrogen) atoms. The van der Waals surface area contributed by atoms with Crippen molar-refractivity contribution >= 4 is 11.6 Å². The zero-order valence-corrected chi connectivity index (χ0v) is 22.8. The Kier molecular flexibility index (Phi) is 8.21. The molecule has 0 spiro atoms. The van der Waals surface area contributed by atoms with Crippen LogP contribution < -0.4 is 0 Å². The number of nitrogens with zero attached hydrogens (tertiary/aromatic N) is 5. The molecule has 2 aromatic heterocycles. The van der Waals surface area contributed by atoms with Gasteiger partial charge in [0.2, 0.25) is 0 Å². The molecule has 0 saturated carbocycles. The predicted molar refractivity (Wildman–Crippen MR) is 134 cm³/mol. The Hall–Kier alpha value is -3.64. The molecule has 0 bridgehead atoms. The van der Waals surface area contributed by atoms with Gasteiger partial charge in [0.1, 0.15) is 36.3 Å². The number of aromatic nitrogens is 5. The van der Waals surface area contributed by atoms with E-state index in [1.807, 2.05) is 0 Å². The Balaban J connectivity index is 1.57. The zero-order chi connectivity index (χ0) is 32.3. The first-order valence-corrected chi connectivity index (χ1v) is 12.9. The first kappa shape index (κ1) is 31.8. The Morgan fingerprint density at radius 1 is 0.955 bits per heavy atom. The molecule has 3 heterocycles. The highest BCUT2D eigenvalue weighted by Gasteiger charge is 2.49. The second-order valence-corrected chi connectivity index (χ2v) is 10.3. The number of aryl methyl sites for hydroxylation is 1. The smallest absolute Gasteiger partial charge is 0.394 e. The molecule has 0 radical (unpaired) electrons. The van der Waals surface area contributed by atoms with Crippen molar-refractivity contribution in [3.05, 3.63) is 82.2 Å². The van der Waals surface area contributed by atoms with Crippen molar-refractivity contribution in [3.63, 3.8) is 0 Å². The molecule has 4 aromatic rings. The zero-order valence-electron chi connectivity index (χ0n) is 22.0. The van der Waals surface area contributed by atoms with Gasteiger partial charge in [-0.25, -0.2) is 18.4 Å². The van der Waals surface area contributed by atoms with Gasteiger partial charge in [0, 0.05) is 22.3 Å². The normalized spacial score (nSPS) is 22.9. The number of hydrogen-bond donors (Lipinski definition) is 3. The van der Waals surface area contributed by atoms with Crippen LogP contribution in [0.5, 0.6) is 0 Å². The minimum Gasteiger partial charge on any atom is -0.394 e. The Morgan fingerprint density at radius 3 is 2.25 bits per heavy atom. The first-order valence-electron chi connectivity index (χ1n) is 12.6. The molecule has 0 unspecified atom stereocenters. The van der Waals surface area contributed by atoms with Crippen molar-refractivity contribution in [2.45, 2.75) is 49.7 Å². The van der Waals surface area contributed by atoms with Crippen LogP contribution in [0.2, 0.25) is 5.02 Å². The molecule has 1 fully saturated rings. The van der Waals surface area contributed by atoms with Gasteiger partial charge < -0.3 is 20.1 Å². The van der Waals surface area contributed by atoms with Crippen LogP contribution in [0.25, 0.3) is 16.8 Å². The lowest BCUT2D eigenvalue weighted by Crippen LogP contribution is -2.53. The maximum atomic E-state index is 14.7. The van der Waals surface area contributed by atoms with Crippen LogP contribution in [0.3, 0.4) is 0 Å². The van der Waals surface area contributed by atoms with E-state index in [0.29, 0.717) is 18.2 Å². The van der Waals surface area contributed by atoms with E-state index in [0.717, 1.165) is 33.9 Å². The average molecular weight is 654 g/mol. The number of aliphatic hydroxyl groups is 3. The number of benzene rings is 2. The minimum atomic E-state index is -5.16. The number of hydrogen-bond acceptors (Lipinski definition) is 7. The molecule has 1 aliphatic rings. The lowest BCUT2D eigenvalue weighted by molar-refractivity contribution is -0.210. The van der Waals surface area contributed by atoms with Crippen molar-refractivity contribution in [2.24, 2.45) is 0 Å². The summed E-state index contributed by atoms with van der Waals surface area (Å²) in [7, 11) is 0. The number of halogens is 9. The van der Waals surface area contributed by atoms with E-state index in [9.17, 15) is 50.4 Å². The highest BCUT2D eigenvalue weighted by Crippen LogP contribution is 2.41. The van der Waals surface area contributed by atoms with Gasteiger partial charge in [-0.15, -0.1) is 0 Å². The third kappa shape index (κ3) is 5.65. The second-order valence-electron chi connectivity index (χ2n) is 9.83. The van der Waals surface area contributed by atoms with Crippen LogP contribution in [0.4, 0.5) is 35.1 Å². The van der Waals surface area contributed by atoms with E-state index in [2.05, 4.69) is 15.2 Å². The molecule has 5 atom stereocenters. The van der Waals surface area contributed by atoms with E-state index in [1.54, 1.807) is 0 Å². The van der Waals surface area contributed by atoms with Crippen LogP contribution in [-0.2, 0) is 17.1 Å². The standard InChI is InChI=1S/C26H20ClF8N5O4/c1-10-37-24(40(38-10)16-6-12(27)2-4-14(16)25(30,31)32)23-22(43)20(21(42)17(9-41)44-23)39-8-11(7-36-39)13-3-5-15(26(33,34)35)19(29)18(13)28/h2-8,17,20-23,41-43H,9H2,1H3/t17-,20+,21+,22-,23-/m1/s1. The Bertz CT molecular complexity index is 1690. The molecular formula is C26H20ClF8N5O4. The molecule has 1 saturated heterocycles. The summed E-state index contributed by atoms with van der Waals surface area (Å²) in [6, 6.07) is 2.15. The van der Waals surface area contributed by atoms with Crippen molar-refractivity contribution in [3.8, 4) is 16.8 Å². The van der Waals surface area contributed by atoms with E-state index in [4.69, 9.17) is 16.3 Å². The maximum Gasteiger partial charge on any atom is 0.419 e.